The van der Waals surface area contributed by atoms with Crippen LogP contribution >= 0.6 is 31.9 Å². The number of halogens is 2. The van der Waals surface area contributed by atoms with Crippen LogP contribution in [0, 0.1) is 17.8 Å². The first-order valence-electron chi connectivity index (χ1n) is 6.75. The number of rotatable bonds is 4. The lowest BCUT2D eigenvalue weighted by Gasteiger charge is -2.22. The molecule has 2 fully saturated rings. The van der Waals surface area contributed by atoms with Crippen LogP contribution in [0.4, 0.5) is 0 Å². The maximum atomic E-state index is 5.76. The van der Waals surface area contributed by atoms with Crippen LogP contribution in [0.15, 0.2) is 22.7 Å². The second kappa shape index (κ2) is 5.16. The van der Waals surface area contributed by atoms with Crippen molar-refractivity contribution in [3.8, 4) is 5.75 Å². The van der Waals surface area contributed by atoms with E-state index in [0.29, 0.717) is 4.83 Å². The molecule has 3 rings (SSSR count). The van der Waals surface area contributed by atoms with Gasteiger partial charge in [-0.15, -0.1) is 0 Å². The summed E-state index contributed by atoms with van der Waals surface area (Å²) in [5, 5.41) is 0. The predicted octanol–water partition coefficient (Wildman–Crippen LogP) is 5.33. The van der Waals surface area contributed by atoms with Crippen LogP contribution in [0.5, 0.6) is 5.75 Å². The van der Waals surface area contributed by atoms with Gasteiger partial charge in [-0.3, -0.25) is 0 Å². The molecular weight excluding hydrogens is 356 g/mol. The van der Waals surface area contributed by atoms with Gasteiger partial charge in [-0.05, 0) is 62.1 Å². The predicted molar refractivity (Wildman–Crippen MR) is 81.3 cm³/mol. The van der Waals surface area contributed by atoms with Crippen LogP contribution < -0.4 is 4.74 Å². The summed E-state index contributed by atoms with van der Waals surface area (Å²) in [6, 6.07) is 6.33. The highest BCUT2D eigenvalue weighted by Crippen LogP contribution is 2.59. The summed E-state index contributed by atoms with van der Waals surface area (Å²) in [4.78, 5) is 0.435. The van der Waals surface area contributed by atoms with Crippen LogP contribution in [0.3, 0.4) is 0 Å². The average Bonchev–Trinajstić information content (AvgIpc) is 2.98. The molecule has 98 valence electrons. The fraction of sp³-hybridized carbons (Fsp3) is 0.600. The minimum absolute atomic E-state index is 0.435. The SMILES string of the molecule is CCOc1ccc(Br)cc1C(Br)C1CC2CC2C1. The Hall–Kier alpha value is -0.0200. The first kappa shape index (κ1) is 13.0. The molecule has 18 heavy (non-hydrogen) atoms. The molecular formula is C15H18Br2O. The smallest absolute Gasteiger partial charge is 0.123 e. The summed E-state index contributed by atoms with van der Waals surface area (Å²) >= 11 is 7.48. The third kappa shape index (κ3) is 2.49. The monoisotopic (exact) mass is 372 g/mol. The van der Waals surface area contributed by atoms with Crippen molar-refractivity contribution in [2.24, 2.45) is 17.8 Å². The van der Waals surface area contributed by atoms with Gasteiger partial charge in [0.2, 0.25) is 0 Å². The van der Waals surface area contributed by atoms with E-state index in [0.717, 1.165) is 34.6 Å². The Morgan fingerprint density at radius 3 is 2.67 bits per heavy atom. The highest BCUT2D eigenvalue weighted by Gasteiger charge is 2.47. The van der Waals surface area contributed by atoms with E-state index in [9.17, 15) is 0 Å². The molecule has 0 bridgehead atoms. The number of hydrogen-bond donors (Lipinski definition) is 0. The number of benzene rings is 1. The summed E-state index contributed by atoms with van der Waals surface area (Å²) < 4.78 is 6.89. The molecule has 1 aromatic rings. The van der Waals surface area contributed by atoms with E-state index >= 15 is 0 Å². The topological polar surface area (TPSA) is 9.23 Å². The fourth-order valence-corrected chi connectivity index (χ4v) is 4.44. The molecule has 2 saturated carbocycles. The van der Waals surface area contributed by atoms with Crippen LogP contribution in [0.25, 0.3) is 0 Å². The van der Waals surface area contributed by atoms with E-state index in [1.807, 2.05) is 6.92 Å². The van der Waals surface area contributed by atoms with Crippen molar-refractivity contribution in [1.29, 1.82) is 0 Å². The van der Waals surface area contributed by atoms with Crippen LogP contribution in [-0.2, 0) is 0 Å². The Kier molecular flexibility index (Phi) is 3.72. The normalized spacial score (nSPS) is 30.9. The second-order valence-corrected chi connectivity index (χ2v) is 7.41. The summed E-state index contributed by atoms with van der Waals surface area (Å²) in [7, 11) is 0. The molecule has 0 spiro atoms. The number of fused-ring (bicyclic) bond motifs is 1. The van der Waals surface area contributed by atoms with Gasteiger partial charge < -0.3 is 4.74 Å². The van der Waals surface area contributed by atoms with Crippen LogP contribution in [0.1, 0.15) is 36.6 Å². The minimum atomic E-state index is 0.435. The minimum Gasteiger partial charge on any atom is -0.494 e. The standard InChI is InChI=1S/C15H18Br2O/c1-2-18-14-4-3-12(16)8-13(14)15(17)11-6-9-5-10(9)7-11/h3-4,8-11,15H,2,5-7H2,1H3. The average molecular weight is 374 g/mol. The van der Waals surface area contributed by atoms with Gasteiger partial charge in [-0.1, -0.05) is 31.9 Å². The van der Waals surface area contributed by atoms with Crippen molar-refractivity contribution in [2.75, 3.05) is 6.61 Å². The van der Waals surface area contributed by atoms with Crippen molar-refractivity contribution >= 4 is 31.9 Å². The van der Waals surface area contributed by atoms with Gasteiger partial charge in [0.25, 0.3) is 0 Å². The summed E-state index contributed by atoms with van der Waals surface area (Å²) in [6.07, 6.45) is 4.25. The van der Waals surface area contributed by atoms with E-state index in [2.05, 4.69) is 50.1 Å². The number of alkyl halides is 1. The molecule has 0 heterocycles. The zero-order valence-corrected chi connectivity index (χ0v) is 13.7. The molecule has 2 aliphatic carbocycles. The molecule has 3 atom stereocenters. The van der Waals surface area contributed by atoms with Gasteiger partial charge >= 0.3 is 0 Å². The summed E-state index contributed by atoms with van der Waals surface area (Å²) in [5.41, 5.74) is 1.30. The third-order valence-corrected chi connectivity index (χ3v) is 6.00. The Balaban J connectivity index is 1.82. The lowest BCUT2D eigenvalue weighted by molar-refractivity contribution is 0.333. The molecule has 0 amide bonds. The van der Waals surface area contributed by atoms with Gasteiger partial charge in [-0.2, -0.15) is 0 Å². The molecule has 3 unspecified atom stereocenters. The van der Waals surface area contributed by atoms with E-state index in [-0.39, 0.29) is 0 Å². The van der Waals surface area contributed by atoms with E-state index in [1.165, 1.54) is 24.8 Å². The maximum Gasteiger partial charge on any atom is 0.123 e. The van der Waals surface area contributed by atoms with Gasteiger partial charge in [0.1, 0.15) is 5.75 Å². The highest BCUT2D eigenvalue weighted by molar-refractivity contribution is 9.10. The van der Waals surface area contributed by atoms with Crippen molar-refractivity contribution in [1.82, 2.24) is 0 Å². The van der Waals surface area contributed by atoms with Gasteiger partial charge in [0, 0.05) is 14.9 Å². The Morgan fingerprint density at radius 1 is 1.28 bits per heavy atom. The van der Waals surface area contributed by atoms with E-state index in [1.54, 1.807) is 0 Å². The van der Waals surface area contributed by atoms with Crippen molar-refractivity contribution < 1.29 is 4.74 Å². The molecule has 1 nitrogen and oxygen atoms in total. The van der Waals surface area contributed by atoms with Crippen molar-refractivity contribution in [2.45, 2.75) is 31.0 Å². The lowest BCUT2D eigenvalue weighted by atomic mass is 9.94. The maximum absolute atomic E-state index is 5.76. The quantitative estimate of drug-likeness (QED) is 0.648. The van der Waals surface area contributed by atoms with Crippen LogP contribution in [-0.4, -0.2) is 6.61 Å². The number of hydrogen-bond acceptors (Lipinski definition) is 1. The molecule has 0 saturated heterocycles. The number of ether oxygens (including phenoxy) is 1. The Labute approximate surface area is 126 Å². The molecule has 0 aromatic heterocycles. The van der Waals surface area contributed by atoms with E-state index < -0.39 is 0 Å². The van der Waals surface area contributed by atoms with Crippen molar-refractivity contribution in [3.05, 3.63) is 28.2 Å². The molecule has 3 heteroatoms. The molecule has 0 N–H and O–H groups in total. The fourth-order valence-electron chi connectivity index (χ4n) is 3.28. The zero-order chi connectivity index (χ0) is 12.7. The molecule has 0 radical (unpaired) electrons. The van der Waals surface area contributed by atoms with Crippen LogP contribution in [0.2, 0.25) is 0 Å². The molecule has 0 aliphatic heterocycles. The third-order valence-electron chi connectivity index (χ3n) is 4.26. The first-order chi connectivity index (χ1) is 8.69. The highest BCUT2D eigenvalue weighted by atomic mass is 79.9. The second-order valence-electron chi connectivity index (χ2n) is 5.50. The van der Waals surface area contributed by atoms with Gasteiger partial charge in [0.05, 0.1) is 6.61 Å². The summed E-state index contributed by atoms with van der Waals surface area (Å²) in [6.45, 7) is 2.77. The van der Waals surface area contributed by atoms with Gasteiger partial charge in [0.15, 0.2) is 0 Å². The Morgan fingerprint density at radius 2 is 2.00 bits per heavy atom. The molecule has 1 aromatic carbocycles. The van der Waals surface area contributed by atoms with E-state index in [4.69, 9.17) is 4.74 Å². The lowest BCUT2D eigenvalue weighted by Crippen LogP contribution is -2.08. The Bertz CT molecular complexity index is 436. The largest absolute Gasteiger partial charge is 0.494 e. The zero-order valence-electron chi connectivity index (χ0n) is 10.5. The van der Waals surface area contributed by atoms with Crippen molar-refractivity contribution in [3.63, 3.8) is 0 Å². The summed E-state index contributed by atoms with van der Waals surface area (Å²) in [5.74, 6) is 3.86. The first-order valence-corrected chi connectivity index (χ1v) is 8.46. The molecule has 2 aliphatic rings. The van der Waals surface area contributed by atoms with Gasteiger partial charge in [-0.25, -0.2) is 0 Å².